The number of hydrogen-bond acceptors (Lipinski definition) is 1. The second-order valence-electron chi connectivity index (χ2n) is 2.35. The van der Waals surface area contributed by atoms with Crippen molar-refractivity contribution in [2.75, 3.05) is 0 Å². The second kappa shape index (κ2) is 6.09. The maximum Gasteiger partial charge on any atom is 0.0569 e. The van der Waals surface area contributed by atoms with Gasteiger partial charge in [0.1, 0.15) is 0 Å². The molecule has 1 nitrogen and oxygen atoms in total. The third-order valence-corrected chi connectivity index (χ3v) is 1.41. The van der Waals surface area contributed by atoms with Gasteiger partial charge in [-0.1, -0.05) is 26.7 Å². The van der Waals surface area contributed by atoms with Crippen LogP contribution in [-0.2, 0) is 0 Å². The molecule has 0 aromatic heterocycles. The number of unbranched alkanes of at least 4 members (excludes halogenated alkanes) is 2. The SMILES string of the molecule is CCCC[CH]C(O)CC. The fraction of sp³-hybridized carbons (Fsp3) is 0.875. The summed E-state index contributed by atoms with van der Waals surface area (Å²) >= 11 is 0. The van der Waals surface area contributed by atoms with E-state index >= 15 is 0 Å². The summed E-state index contributed by atoms with van der Waals surface area (Å²) in [6.07, 6.45) is 6.15. The first-order valence-electron chi connectivity index (χ1n) is 3.82. The van der Waals surface area contributed by atoms with Crippen molar-refractivity contribution in [3.05, 3.63) is 6.42 Å². The smallest absolute Gasteiger partial charge is 0.0569 e. The Kier molecular flexibility index (Phi) is 6.06. The predicted octanol–water partition coefficient (Wildman–Crippen LogP) is 2.15. The molecule has 0 heterocycles. The minimum Gasteiger partial charge on any atom is -0.393 e. The zero-order chi connectivity index (χ0) is 7.11. The number of hydrogen-bond donors (Lipinski definition) is 1. The minimum absolute atomic E-state index is 0.170. The number of rotatable bonds is 5. The molecule has 1 atom stereocenters. The van der Waals surface area contributed by atoms with E-state index in [0.717, 1.165) is 12.8 Å². The highest BCUT2D eigenvalue weighted by Gasteiger charge is 1.98. The molecule has 55 valence electrons. The van der Waals surface area contributed by atoms with E-state index in [2.05, 4.69) is 6.92 Å². The fourth-order valence-electron chi connectivity index (χ4n) is 0.681. The summed E-state index contributed by atoms with van der Waals surface area (Å²) in [5.41, 5.74) is 0. The third-order valence-electron chi connectivity index (χ3n) is 1.41. The van der Waals surface area contributed by atoms with E-state index < -0.39 is 0 Å². The number of aliphatic hydroxyl groups excluding tert-OH is 1. The first kappa shape index (κ1) is 8.96. The molecule has 1 unspecified atom stereocenters. The largest absolute Gasteiger partial charge is 0.393 e. The van der Waals surface area contributed by atoms with Crippen molar-refractivity contribution in [3.8, 4) is 0 Å². The van der Waals surface area contributed by atoms with E-state index in [1.807, 2.05) is 13.3 Å². The molecule has 0 saturated heterocycles. The summed E-state index contributed by atoms with van der Waals surface area (Å²) < 4.78 is 0. The molecule has 0 aromatic carbocycles. The van der Waals surface area contributed by atoms with Crippen molar-refractivity contribution >= 4 is 0 Å². The van der Waals surface area contributed by atoms with Crippen LogP contribution in [0, 0.1) is 6.42 Å². The van der Waals surface area contributed by atoms with Gasteiger partial charge in [-0.3, -0.25) is 0 Å². The van der Waals surface area contributed by atoms with E-state index in [9.17, 15) is 0 Å². The summed E-state index contributed by atoms with van der Waals surface area (Å²) in [4.78, 5) is 0. The average molecular weight is 129 g/mol. The monoisotopic (exact) mass is 129 g/mol. The van der Waals surface area contributed by atoms with Crippen LogP contribution in [0.4, 0.5) is 0 Å². The van der Waals surface area contributed by atoms with E-state index in [1.165, 1.54) is 12.8 Å². The van der Waals surface area contributed by atoms with Gasteiger partial charge in [-0.2, -0.15) is 0 Å². The van der Waals surface area contributed by atoms with Gasteiger partial charge >= 0.3 is 0 Å². The Balaban J connectivity index is 2.88. The van der Waals surface area contributed by atoms with Gasteiger partial charge < -0.3 is 5.11 Å². The first-order chi connectivity index (χ1) is 4.31. The predicted molar refractivity (Wildman–Crippen MR) is 40.1 cm³/mol. The van der Waals surface area contributed by atoms with Crippen molar-refractivity contribution < 1.29 is 5.11 Å². The van der Waals surface area contributed by atoms with Gasteiger partial charge in [0.2, 0.25) is 0 Å². The third kappa shape index (κ3) is 5.84. The summed E-state index contributed by atoms with van der Waals surface area (Å²) in [7, 11) is 0. The molecule has 0 rings (SSSR count). The Morgan fingerprint density at radius 1 is 1.44 bits per heavy atom. The molecule has 0 aliphatic heterocycles. The lowest BCUT2D eigenvalue weighted by Crippen LogP contribution is -2.04. The van der Waals surface area contributed by atoms with Crippen LogP contribution in [-0.4, -0.2) is 11.2 Å². The Hall–Kier alpha value is -0.0400. The Morgan fingerprint density at radius 3 is 2.56 bits per heavy atom. The van der Waals surface area contributed by atoms with Crippen LogP contribution in [0.2, 0.25) is 0 Å². The standard InChI is InChI=1S/C8H17O/c1-3-5-6-7-8(9)4-2/h7-9H,3-6H2,1-2H3. The van der Waals surface area contributed by atoms with E-state index in [0.29, 0.717) is 0 Å². The normalized spacial score (nSPS) is 13.7. The highest BCUT2D eigenvalue weighted by atomic mass is 16.3. The van der Waals surface area contributed by atoms with Crippen molar-refractivity contribution in [3.63, 3.8) is 0 Å². The van der Waals surface area contributed by atoms with Gasteiger partial charge in [0.25, 0.3) is 0 Å². The molecule has 0 saturated carbocycles. The van der Waals surface area contributed by atoms with Gasteiger partial charge in [-0.25, -0.2) is 0 Å². The van der Waals surface area contributed by atoms with Crippen LogP contribution in [0.15, 0.2) is 0 Å². The summed E-state index contributed by atoms with van der Waals surface area (Å²) in [6.45, 7) is 4.15. The summed E-state index contributed by atoms with van der Waals surface area (Å²) in [5.74, 6) is 0. The van der Waals surface area contributed by atoms with Crippen LogP contribution in [0.3, 0.4) is 0 Å². The van der Waals surface area contributed by atoms with Gasteiger partial charge in [0.15, 0.2) is 0 Å². The fourth-order valence-corrected chi connectivity index (χ4v) is 0.681. The van der Waals surface area contributed by atoms with Crippen LogP contribution in [0.25, 0.3) is 0 Å². The van der Waals surface area contributed by atoms with Crippen molar-refractivity contribution in [1.82, 2.24) is 0 Å². The zero-order valence-electron chi connectivity index (χ0n) is 6.43. The number of aliphatic hydroxyl groups is 1. The van der Waals surface area contributed by atoms with Gasteiger partial charge in [0, 0.05) is 0 Å². The van der Waals surface area contributed by atoms with E-state index in [1.54, 1.807) is 0 Å². The van der Waals surface area contributed by atoms with Crippen LogP contribution < -0.4 is 0 Å². The van der Waals surface area contributed by atoms with Crippen molar-refractivity contribution in [2.45, 2.75) is 45.6 Å². The lowest BCUT2D eigenvalue weighted by Gasteiger charge is -2.04. The second-order valence-corrected chi connectivity index (χ2v) is 2.35. The van der Waals surface area contributed by atoms with Crippen molar-refractivity contribution in [2.24, 2.45) is 0 Å². The van der Waals surface area contributed by atoms with E-state index in [4.69, 9.17) is 5.11 Å². The molecular weight excluding hydrogens is 112 g/mol. The lowest BCUT2D eigenvalue weighted by atomic mass is 10.1. The highest BCUT2D eigenvalue weighted by Crippen LogP contribution is 2.03. The summed E-state index contributed by atoms with van der Waals surface area (Å²) in [6, 6.07) is 0. The lowest BCUT2D eigenvalue weighted by molar-refractivity contribution is 0.198. The van der Waals surface area contributed by atoms with Crippen molar-refractivity contribution in [1.29, 1.82) is 0 Å². The molecule has 9 heavy (non-hydrogen) atoms. The Labute approximate surface area is 58.1 Å². The quantitative estimate of drug-likeness (QED) is 0.564. The summed E-state index contributed by atoms with van der Waals surface area (Å²) in [5, 5.41) is 9.03. The van der Waals surface area contributed by atoms with Crippen LogP contribution >= 0.6 is 0 Å². The molecule has 0 amide bonds. The molecule has 0 aromatic rings. The van der Waals surface area contributed by atoms with Gasteiger partial charge in [-0.15, -0.1) is 0 Å². The molecule has 1 radical (unpaired) electrons. The Morgan fingerprint density at radius 2 is 2.11 bits per heavy atom. The highest BCUT2D eigenvalue weighted by molar-refractivity contribution is 4.72. The Bertz CT molecular complexity index is 52.5. The van der Waals surface area contributed by atoms with Crippen LogP contribution in [0.1, 0.15) is 39.5 Å². The first-order valence-corrected chi connectivity index (χ1v) is 3.82. The molecule has 0 aliphatic rings. The molecule has 1 N–H and O–H groups in total. The molecular formula is C8H17O. The van der Waals surface area contributed by atoms with Gasteiger partial charge in [-0.05, 0) is 19.3 Å². The molecule has 0 spiro atoms. The molecule has 0 fully saturated rings. The van der Waals surface area contributed by atoms with E-state index in [-0.39, 0.29) is 6.10 Å². The average Bonchev–Trinajstić information content (AvgIpc) is 1.89. The zero-order valence-corrected chi connectivity index (χ0v) is 6.43. The topological polar surface area (TPSA) is 20.2 Å². The van der Waals surface area contributed by atoms with Crippen LogP contribution in [0.5, 0.6) is 0 Å². The molecule has 0 aliphatic carbocycles. The maximum atomic E-state index is 9.03. The molecule has 1 heteroatoms. The maximum absolute atomic E-state index is 9.03. The molecule has 0 bridgehead atoms. The van der Waals surface area contributed by atoms with Gasteiger partial charge in [0.05, 0.1) is 6.10 Å². The minimum atomic E-state index is -0.170.